The molecule has 0 amide bonds. The molecule has 0 spiro atoms. The molecule has 0 heterocycles. The smallest absolute Gasteiger partial charge is 0.292 e. The van der Waals surface area contributed by atoms with E-state index in [0.29, 0.717) is 5.92 Å². The van der Waals surface area contributed by atoms with Gasteiger partial charge in [-0.1, -0.05) is 19.9 Å². The van der Waals surface area contributed by atoms with Gasteiger partial charge in [-0.3, -0.25) is 10.1 Å². The molecule has 0 atom stereocenters. The Morgan fingerprint density at radius 1 is 1.50 bits per heavy atom. The van der Waals surface area contributed by atoms with Crippen molar-refractivity contribution in [1.82, 2.24) is 0 Å². The largest absolute Gasteiger partial charge is 0.393 e. The standard InChI is InChI=1S/C11H16N2O2S/c1-8(2)6-16-7-9-3-4-10(12)11(5-9)13(14)15/h3-5,8H,6-7,12H2,1-2H3. The Labute approximate surface area is 99.4 Å². The van der Waals surface area contributed by atoms with Crippen LogP contribution in [0.2, 0.25) is 0 Å². The summed E-state index contributed by atoms with van der Waals surface area (Å²) in [6, 6.07) is 5.00. The van der Waals surface area contributed by atoms with E-state index in [-0.39, 0.29) is 11.4 Å². The van der Waals surface area contributed by atoms with Crippen molar-refractivity contribution in [3.63, 3.8) is 0 Å². The van der Waals surface area contributed by atoms with Gasteiger partial charge < -0.3 is 5.73 Å². The molecular formula is C11H16N2O2S. The van der Waals surface area contributed by atoms with E-state index in [4.69, 9.17) is 5.73 Å². The maximum atomic E-state index is 10.7. The lowest BCUT2D eigenvalue weighted by molar-refractivity contribution is -0.383. The lowest BCUT2D eigenvalue weighted by atomic mass is 10.2. The summed E-state index contributed by atoms with van der Waals surface area (Å²) in [5.74, 6) is 2.48. The molecule has 0 saturated heterocycles. The SMILES string of the molecule is CC(C)CSCc1ccc(N)c([N+](=O)[O-])c1. The highest BCUT2D eigenvalue weighted by Crippen LogP contribution is 2.25. The van der Waals surface area contributed by atoms with Gasteiger partial charge >= 0.3 is 0 Å². The second-order valence-electron chi connectivity index (χ2n) is 4.06. The zero-order valence-electron chi connectivity index (χ0n) is 9.47. The molecule has 2 N–H and O–H groups in total. The minimum Gasteiger partial charge on any atom is -0.393 e. The molecule has 1 aromatic rings. The number of thioether (sulfide) groups is 1. The molecule has 5 heteroatoms. The molecule has 1 rings (SSSR count). The number of rotatable bonds is 5. The molecule has 0 bridgehead atoms. The summed E-state index contributed by atoms with van der Waals surface area (Å²) >= 11 is 1.78. The Bertz CT molecular complexity index is 380. The van der Waals surface area contributed by atoms with Gasteiger partial charge in [0.15, 0.2) is 0 Å². The quantitative estimate of drug-likeness (QED) is 0.488. The molecule has 4 nitrogen and oxygen atoms in total. The molecule has 0 radical (unpaired) electrons. The summed E-state index contributed by atoms with van der Waals surface area (Å²) in [6.45, 7) is 4.30. The topological polar surface area (TPSA) is 69.2 Å². The number of nitrogens with zero attached hydrogens (tertiary/aromatic N) is 1. The van der Waals surface area contributed by atoms with Crippen LogP contribution in [0.25, 0.3) is 0 Å². The summed E-state index contributed by atoms with van der Waals surface area (Å²) in [7, 11) is 0. The van der Waals surface area contributed by atoms with Crippen LogP contribution in [0, 0.1) is 16.0 Å². The average Bonchev–Trinajstić information content (AvgIpc) is 2.19. The summed E-state index contributed by atoms with van der Waals surface area (Å²) in [5, 5.41) is 10.7. The second-order valence-corrected chi connectivity index (χ2v) is 5.09. The number of nitrogen functional groups attached to an aromatic ring is 1. The molecule has 0 unspecified atom stereocenters. The number of benzene rings is 1. The fourth-order valence-electron chi connectivity index (χ4n) is 1.25. The van der Waals surface area contributed by atoms with Crippen molar-refractivity contribution in [2.75, 3.05) is 11.5 Å². The Hall–Kier alpha value is -1.23. The van der Waals surface area contributed by atoms with Crippen molar-refractivity contribution in [3.05, 3.63) is 33.9 Å². The van der Waals surface area contributed by atoms with Crippen LogP contribution in [0.1, 0.15) is 19.4 Å². The molecule has 16 heavy (non-hydrogen) atoms. The van der Waals surface area contributed by atoms with Crippen molar-refractivity contribution in [1.29, 1.82) is 0 Å². The van der Waals surface area contributed by atoms with Crippen molar-refractivity contribution in [3.8, 4) is 0 Å². The number of hydrogen-bond donors (Lipinski definition) is 1. The van der Waals surface area contributed by atoms with Gasteiger partial charge in [0, 0.05) is 11.8 Å². The van der Waals surface area contributed by atoms with Crippen LogP contribution >= 0.6 is 11.8 Å². The highest BCUT2D eigenvalue weighted by Gasteiger charge is 2.11. The van der Waals surface area contributed by atoms with Crippen LogP contribution < -0.4 is 5.73 Å². The van der Waals surface area contributed by atoms with Gasteiger partial charge in [-0.15, -0.1) is 0 Å². The van der Waals surface area contributed by atoms with E-state index in [9.17, 15) is 10.1 Å². The molecule has 0 aliphatic carbocycles. The number of anilines is 1. The van der Waals surface area contributed by atoms with Crippen LogP contribution in [-0.2, 0) is 5.75 Å². The first-order valence-corrected chi connectivity index (χ1v) is 6.26. The minimum absolute atomic E-state index is 0.00245. The first-order chi connectivity index (χ1) is 7.50. The van der Waals surface area contributed by atoms with E-state index in [1.807, 2.05) is 6.07 Å². The maximum absolute atomic E-state index is 10.7. The van der Waals surface area contributed by atoms with Gasteiger partial charge in [-0.05, 0) is 23.3 Å². The third-order valence-electron chi connectivity index (χ3n) is 2.01. The van der Waals surface area contributed by atoms with Crippen molar-refractivity contribution in [2.24, 2.45) is 5.92 Å². The van der Waals surface area contributed by atoms with E-state index >= 15 is 0 Å². The normalized spacial score (nSPS) is 10.7. The van der Waals surface area contributed by atoms with Crippen LogP contribution in [0.5, 0.6) is 0 Å². The van der Waals surface area contributed by atoms with Crippen LogP contribution in [0.15, 0.2) is 18.2 Å². The van der Waals surface area contributed by atoms with Crippen LogP contribution in [-0.4, -0.2) is 10.7 Å². The highest BCUT2D eigenvalue weighted by atomic mass is 32.2. The molecule has 0 fully saturated rings. The number of nitro groups is 1. The molecule has 1 aromatic carbocycles. The molecule has 0 aliphatic rings. The Kier molecular flexibility index (Phi) is 4.61. The van der Waals surface area contributed by atoms with Gasteiger partial charge in [0.1, 0.15) is 5.69 Å². The Morgan fingerprint density at radius 2 is 2.19 bits per heavy atom. The lowest BCUT2D eigenvalue weighted by Crippen LogP contribution is -1.97. The summed E-state index contributed by atoms with van der Waals surface area (Å²) in [4.78, 5) is 10.2. The fourth-order valence-corrected chi connectivity index (χ4v) is 2.25. The summed E-state index contributed by atoms with van der Waals surface area (Å²) in [5.41, 5.74) is 6.70. The third-order valence-corrected chi connectivity index (χ3v) is 3.45. The predicted molar refractivity (Wildman–Crippen MR) is 68.5 cm³/mol. The van der Waals surface area contributed by atoms with Crippen molar-refractivity contribution >= 4 is 23.1 Å². The van der Waals surface area contributed by atoms with Crippen molar-refractivity contribution < 1.29 is 4.92 Å². The first-order valence-electron chi connectivity index (χ1n) is 5.11. The van der Waals surface area contributed by atoms with Gasteiger partial charge in [0.2, 0.25) is 0 Å². The van der Waals surface area contributed by atoms with Gasteiger partial charge in [0.05, 0.1) is 4.92 Å². The Balaban J connectivity index is 2.68. The van der Waals surface area contributed by atoms with E-state index in [2.05, 4.69) is 13.8 Å². The average molecular weight is 240 g/mol. The zero-order valence-corrected chi connectivity index (χ0v) is 10.3. The summed E-state index contributed by atoms with van der Waals surface area (Å²) < 4.78 is 0. The van der Waals surface area contributed by atoms with E-state index in [0.717, 1.165) is 17.1 Å². The minimum atomic E-state index is -0.439. The fraction of sp³-hybridized carbons (Fsp3) is 0.455. The van der Waals surface area contributed by atoms with Crippen molar-refractivity contribution in [2.45, 2.75) is 19.6 Å². The van der Waals surface area contributed by atoms with Crippen LogP contribution in [0.4, 0.5) is 11.4 Å². The lowest BCUT2D eigenvalue weighted by Gasteiger charge is -2.05. The first kappa shape index (κ1) is 12.8. The number of hydrogen-bond acceptors (Lipinski definition) is 4. The molecule has 0 saturated carbocycles. The van der Waals surface area contributed by atoms with Crippen LogP contribution in [0.3, 0.4) is 0 Å². The monoisotopic (exact) mass is 240 g/mol. The number of nitrogens with two attached hydrogens (primary N) is 1. The van der Waals surface area contributed by atoms with Gasteiger partial charge in [0.25, 0.3) is 5.69 Å². The second kappa shape index (κ2) is 5.75. The highest BCUT2D eigenvalue weighted by molar-refractivity contribution is 7.98. The molecule has 88 valence electrons. The van der Waals surface area contributed by atoms with Gasteiger partial charge in [-0.2, -0.15) is 11.8 Å². The van der Waals surface area contributed by atoms with Gasteiger partial charge in [-0.25, -0.2) is 0 Å². The van der Waals surface area contributed by atoms with E-state index in [1.165, 1.54) is 0 Å². The zero-order chi connectivity index (χ0) is 12.1. The van der Waals surface area contributed by atoms with E-state index < -0.39 is 4.92 Å². The third kappa shape index (κ3) is 3.73. The Morgan fingerprint density at radius 3 is 2.75 bits per heavy atom. The molecule has 0 aliphatic heterocycles. The predicted octanol–water partition coefficient (Wildman–Crippen LogP) is 3.07. The number of nitro benzene ring substituents is 1. The molecule has 0 aromatic heterocycles. The molecular weight excluding hydrogens is 224 g/mol. The van der Waals surface area contributed by atoms with E-state index in [1.54, 1.807) is 23.9 Å². The summed E-state index contributed by atoms with van der Waals surface area (Å²) in [6.07, 6.45) is 0. The maximum Gasteiger partial charge on any atom is 0.292 e.